The molecule has 29 heavy (non-hydrogen) atoms. The highest BCUT2D eigenvalue weighted by Crippen LogP contribution is 2.42. The Labute approximate surface area is 170 Å². The average Bonchev–Trinajstić information content (AvgIpc) is 2.72. The van der Waals surface area contributed by atoms with Crippen molar-refractivity contribution in [3.63, 3.8) is 0 Å². The van der Waals surface area contributed by atoms with Crippen LogP contribution in [0.5, 0.6) is 5.75 Å². The Morgan fingerprint density at radius 2 is 1.93 bits per heavy atom. The summed E-state index contributed by atoms with van der Waals surface area (Å²) in [7, 11) is 2.98. The number of aliphatic imine (C=N–C) groups is 1. The van der Waals surface area contributed by atoms with Gasteiger partial charge in [0.1, 0.15) is 11.9 Å². The van der Waals surface area contributed by atoms with E-state index in [1.165, 1.54) is 14.2 Å². The third-order valence-corrected chi connectivity index (χ3v) is 5.08. The van der Waals surface area contributed by atoms with Crippen LogP contribution < -0.4 is 21.5 Å². The van der Waals surface area contributed by atoms with E-state index in [2.05, 4.69) is 10.3 Å². The normalized spacial score (nSPS) is 24.1. The van der Waals surface area contributed by atoms with Crippen molar-refractivity contribution in [1.82, 2.24) is 5.32 Å². The van der Waals surface area contributed by atoms with Crippen molar-refractivity contribution in [3.8, 4) is 5.75 Å². The Kier molecular flexibility index (Phi) is 6.26. The average molecular weight is 400 g/mol. The number of fused-ring (bicyclic) bond motifs is 1. The van der Waals surface area contributed by atoms with Crippen molar-refractivity contribution in [1.29, 1.82) is 0 Å². The second-order valence-corrected chi connectivity index (χ2v) is 7.14. The highest BCUT2D eigenvalue weighted by atomic mass is 16.7. The number of rotatable bonds is 6. The number of anilines is 1. The Morgan fingerprint density at radius 3 is 2.59 bits per heavy atom. The third kappa shape index (κ3) is 4.29. The number of hydrogen-bond donors (Lipinski definition) is 4. The van der Waals surface area contributed by atoms with E-state index in [0.717, 1.165) is 5.56 Å². The number of methoxy groups -OCH3 is 2. The Bertz CT molecular complexity index is 857. The fraction of sp³-hybridized carbons (Fsp3) is 0.381. The summed E-state index contributed by atoms with van der Waals surface area (Å²) in [5.41, 5.74) is 13.2. The van der Waals surface area contributed by atoms with Crippen LogP contribution in [-0.2, 0) is 16.0 Å². The first-order valence-corrected chi connectivity index (χ1v) is 9.31. The first-order valence-electron chi connectivity index (χ1n) is 9.31. The molecule has 8 heteroatoms. The topological polar surface area (TPSA) is 124 Å². The maximum atomic E-state index is 11.2. The zero-order valence-electron chi connectivity index (χ0n) is 16.8. The van der Waals surface area contributed by atoms with Crippen molar-refractivity contribution in [2.45, 2.75) is 37.5 Å². The van der Waals surface area contributed by atoms with Gasteiger partial charge in [-0.2, -0.15) is 0 Å². The molecule has 0 spiro atoms. The van der Waals surface area contributed by atoms with Crippen molar-refractivity contribution in [3.05, 3.63) is 59.7 Å². The van der Waals surface area contributed by atoms with Crippen LogP contribution in [0.15, 0.2) is 53.5 Å². The molecule has 0 saturated carbocycles. The minimum absolute atomic E-state index is 0.196. The first kappa shape index (κ1) is 20.9. The van der Waals surface area contributed by atoms with E-state index in [1.807, 2.05) is 30.3 Å². The molecule has 0 aliphatic carbocycles. The van der Waals surface area contributed by atoms with E-state index in [-0.39, 0.29) is 5.96 Å². The van der Waals surface area contributed by atoms with Gasteiger partial charge in [-0.3, -0.25) is 0 Å². The van der Waals surface area contributed by atoms with Gasteiger partial charge in [0, 0.05) is 25.5 Å². The maximum absolute atomic E-state index is 11.2. The smallest absolute Gasteiger partial charge is 0.199 e. The number of nitrogens with two attached hydrogens (primary N) is 2. The van der Waals surface area contributed by atoms with Crippen molar-refractivity contribution >= 4 is 11.6 Å². The quantitative estimate of drug-likeness (QED) is 0.251. The Morgan fingerprint density at radius 1 is 1.24 bits per heavy atom. The lowest BCUT2D eigenvalue weighted by Crippen LogP contribution is -2.62. The predicted molar refractivity (Wildman–Crippen MR) is 111 cm³/mol. The van der Waals surface area contributed by atoms with Gasteiger partial charge >= 0.3 is 0 Å². The molecule has 156 valence electrons. The molecule has 0 saturated heterocycles. The second-order valence-electron chi connectivity index (χ2n) is 7.14. The Balaban J connectivity index is 1.91. The molecule has 2 aromatic rings. The molecule has 6 N–H and O–H groups in total. The van der Waals surface area contributed by atoms with Gasteiger partial charge in [-0.25, -0.2) is 4.99 Å². The summed E-state index contributed by atoms with van der Waals surface area (Å²) < 4.78 is 16.9. The number of nitrogens with zero attached hydrogens (tertiary/aromatic N) is 1. The molecule has 3 unspecified atom stereocenters. The van der Waals surface area contributed by atoms with Crippen LogP contribution in [-0.4, -0.2) is 43.3 Å². The molecule has 0 aromatic heterocycles. The van der Waals surface area contributed by atoms with Crippen LogP contribution >= 0.6 is 0 Å². The number of benzene rings is 2. The van der Waals surface area contributed by atoms with Crippen molar-refractivity contribution < 1.29 is 19.3 Å². The SMILES string of the molecule is COC(OC)C1(C)Oc2ccc(N)cc2C(NC(N)=NCc2ccccc2)C1O. The number of aliphatic hydroxyl groups is 1. The zero-order chi connectivity index (χ0) is 21.0. The monoisotopic (exact) mass is 400 g/mol. The molecular formula is C21H28N4O4. The summed E-state index contributed by atoms with van der Waals surface area (Å²) >= 11 is 0. The van der Waals surface area contributed by atoms with Crippen LogP contribution in [0, 0.1) is 0 Å². The van der Waals surface area contributed by atoms with E-state index in [9.17, 15) is 5.11 Å². The number of aliphatic hydroxyl groups excluding tert-OH is 1. The van der Waals surface area contributed by atoms with Crippen LogP contribution in [0.4, 0.5) is 5.69 Å². The molecule has 0 fully saturated rings. The van der Waals surface area contributed by atoms with Gasteiger partial charge in [-0.1, -0.05) is 30.3 Å². The summed E-state index contributed by atoms with van der Waals surface area (Å²) in [6, 6.07) is 14.4. The summed E-state index contributed by atoms with van der Waals surface area (Å²) in [5, 5.41) is 14.3. The fourth-order valence-electron chi connectivity index (χ4n) is 3.57. The van der Waals surface area contributed by atoms with E-state index >= 15 is 0 Å². The molecule has 3 atom stereocenters. The van der Waals surface area contributed by atoms with Crippen LogP contribution in [0.25, 0.3) is 0 Å². The molecule has 8 nitrogen and oxygen atoms in total. The molecule has 0 amide bonds. The van der Waals surface area contributed by atoms with Crippen LogP contribution in [0.2, 0.25) is 0 Å². The summed E-state index contributed by atoms with van der Waals surface area (Å²) in [6.07, 6.45) is -1.87. The molecule has 0 radical (unpaired) electrons. The summed E-state index contributed by atoms with van der Waals surface area (Å²) in [4.78, 5) is 4.39. The van der Waals surface area contributed by atoms with Gasteiger partial charge in [0.05, 0.1) is 12.6 Å². The fourth-order valence-corrected chi connectivity index (χ4v) is 3.57. The van der Waals surface area contributed by atoms with Crippen molar-refractivity contribution in [2.75, 3.05) is 20.0 Å². The van der Waals surface area contributed by atoms with Crippen LogP contribution in [0.1, 0.15) is 24.1 Å². The third-order valence-electron chi connectivity index (χ3n) is 5.08. The van der Waals surface area contributed by atoms with Gasteiger partial charge in [-0.15, -0.1) is 0 Å². The maximum Gasteiger partial charge on any atom is 0.199 e. The predicted octanol–water partition coefficient (Wildman–Crippen LogP) is 1.55. The molecular weight excluding hydrogens is 372 g/mol. The van der Waals surface area contributed by atoms with E-state index in [1.54, 1.807) is 25.1 Å². The molecule has 1 heterocycles. The van der Waals surface area contributed by atoms with Crippen LogP contribution in [0.3, 0.4) is 0 Å². The highest BCUT2D eigenvalue weighted by Gasteiger charge is 2.52. The lowest BCUT2D eigenvalue weighted by Gasteiger charge is -2.46. The number of nitrogens with one attached hydrogen (secondary N) is 1. The van der Waals surface area contributed by atoms with Crippen molar-refractivity contribution in [2.24, 2.45) is 10.7 Å². The summed E-state index contributed by atoms with van der Waals surface area (Å²) in [6.45, 7) is 2.14. The van der Waals surface area contributed by atoms with E-state index in [4.69, 9.17) is 25.7 Å². The number of nitrogen functional groups attached to an aromatic ring is 1. The number of guanidine groups is 1. The molecule has 2 aromatic carbocycles. The number of hydrogen-bond acceptors (Lipinski definition) is 6. The molecule has 1 aliphatic heterocycles. The van der Waals surface area contributed by atoms with Gasteiger partial charge in [-0.05, 0) is 30.7 Å². The molecule has 0 bridgehead atoms. The molecule has 3 rings (SSSR count). The van der Waals surface area contributed by atoms with E-state index < -0.39 is 24.0 Å². The van der Waals surface area contributed by atoms with Gasteiger partial charge in [0.15, 0.2) is 17.9 Å². The lowest BCUT2D eigenvalue weighted by atomic mass is 9.84. The van der Waals surface area contributed by atoms with Gasteiger partial charge < -0.3 is 36.1 Å². The van der Waals surface area contributed by atoms with E-state index in [0.29, 0.717) is 23.5 Å². The van der Waals surface area contributed by atoms with Gasteiger partial charge in [0.25, 0.3) is 0 Å². The minimum Gasteiger partial charge on any atom is -0.479 e. The lowest BCUT2D eigenvalue weighted by molar-refractivity contribution is -0.238. The second kappa shape index (κ2) is 8.69. The zero-order valence-corrected chi connectivity index (χ0v) is 16.8. The standard InChI is InChI=1S/C21H28N4O4/c1-21(19(27-2)28-3)18(26)17(15-11-14(22)9-10-16(15)29-21)25-20(23)24-12-13-7-5-4-6-8-13/h4-11,17-19,26H,12,22H2,1-3H3,(H3,23,24,25). The highest BCUT2D eigenvalue weighted by molar-refractivity contribution is 5.78. The largest absolute Gasteiger partial charge is 0.479 e. The van der Waals surface area contributed by atoms with Gasteiger partial charge in [0.2, 0.25) is 0 Å². The minimum atomic E-state index is -1.19. The first-order chi connectivity index (χ1) is 13.9. The Hall–Kier alpha value is -2.81. The summed E-state index contributed by atoms with van der Waals surface area (Å²) in [5.74, 6) is 0.751. The molecule has 1 aliphatic rings. The number of ether oxygens (including phenoxy) is 3.